The van der Waals surface area contributed by atoms with Gasteiger partial charge in [0, 0.05) is 35.8 Å². The zero-order valence-corrected chi connectivity index (χ0v) is 17.8. The lowest BCUT2D eigenvalue weighted by Crippen LogP contribution is -2.49. The molecule has 154 valence electrons. The number of carbonyl (C=O) groups excluding carboxylic acids is 2. The summed E-state index contributed by atoms with van der Waals surface area (Å²) in [6.07, 6.45) is 0.917. The van der Waals surface area contributed by atoms with Crippen LogP contribution in [0.3, 0.4) is 0 Å². The predicted molar refractivity (Wildman–Crippen MR) is 121 cm³/mol. The van der Waals surface area contributed by atoms with Gasteiger partial charge in [0.1, 0.15) is 0 Å². The molecule has 3 aromatic rings. The van der Waals surface area contributed by atoms with Crippen molar-refractivity contribution >= 4 is 29.0 Å². The molecule has 1 aromatic heterocycles. The van der Waals surface area contributed by atoms with Gasteiger partial charge >= 0.3 is 6.03 Å². The second-order valence-electron chi connectivity index (χ2n) is 7.44. The van der Waals surface area contributed by atoms with Gasteiger partial charge in [-0.3, -0.25) is 9.69 Å². The number of amides is 3. The van der Waals surface area contributed by atoms with Crippen LogP contribution < -0.4 is 10.2 Å². The molecule has 2 heterocycles. The van der Waals surface area contributed by atoms with Crippen molar-refractivity contribution in [1.29, 1.82) is 0 Å². The van der Waals surface area contributed by atoms with Gasteiger partial charge in [0.25, 0.3) is 5.91 Å². The molecular weight excluding hydrogens is 394 g/mol. The molecular formula is C24H25N3O2S. The van der Waals surface area contributed by atoms with Crippen molar-refractivity contribution < 1.29 is 9.59 Å². The minimum absolute atomic E-state index is 0.0133. The van der Waals surface area contributed by atoms with Gasteiger partial charge in [-0.2, -0.15) is 0 Å². The van der Waals surface area contributed by atoms with Gasteiger partial charge in [-0.15, -0.1) is 11.3 Å². The SMILES string of the molecule is Cc1ccccc1CN1CCCN(c2ccc(C(=O)NCc3cccs3)cc2)C1=O. The monoisotopic (exact) mass is 419 g/mol. The van der Waals surface area contributed by atoms with E-state index in [1.165, 1.54) is 11.1 Å². The summed E-state index contributed by atoms with van der Waals surface area (Å²) < 4.78 is 0. The normalized spacial score (nSPS) is 14.1. The molecule has 1 aliphatic rings. The van der Waals surface area contributed by atoms with E-state index in [1.807, 2.05) is 46.7 Å². The molecule has 4 rings (SSSR count). The smallest absolute Gasteiger partial charge is 0.324 e. The molecule has 0 radical (unpaired) electrons. The van der Waals surface area contributed by atoms with E-state index in [0.717, 1.165) is 23.5 Å². The summed E-state index contributed by atoms with van der Waals surface area (Å²) in [6.45, 7) is 4.66. The average molecular weight is 420 g/mol. The van der Waals surface area contributed by atoms with E-state index < -0.39 is 0 Å². The molecule has 5 nitrogen and oxygen atoms in total. The third kappa shape index (κ3) is 4.54. The predicted octanol–water partition coefficient (Wildman–Crippen LogP) is 4.82. The average Bonchev–Trinajstić information content (AvgIpc) is 3.29. The second kappa shape index (κ2) is 9.13. The molecule has 30 heavy (non-hydrogen) atoms. The summed E-state index contributed by atoms with van der Waals surface area (Å²) in [5, 5.41) is 4.93. The number of aryl methyl sites for hydroxylation is 1. The maximum atomic E-state index is 13.1. The standard InChI is InChI=1S/C24H25N3O2S/c1-18-6-2-3-7-20(18)17-26-13-5-14-27(24(26)29)21-11-9-19(10-12-21)23(28)25-16-22-8-4-15-30-22/h2-4,6-12,15H,5,13-14,16-17H2,1H3,(H,25,28). The van der Waals surface area contributed by atoms with Crippen LogP contribution in [0.15, 0.2) is 66.0 Å². The van der Waals surface area contributed by atoms with Crippen molar-refractivity contribution in [1.82, 2.24) is 10.2 Å². The minimum atomic E-state index is -0.110. The molecule has 1 N–H and O–H groups in total. The molecule has 0 unspecified atom stereocenters. The molecule has 0 aliphatic carbocycles. The Labute approximate surface area is 180 Å². The Kier molecular flexibility index (Phi) is 6.14. The lowest BCUT2D eigenvalue weighted by molar-refractivity contribution is 0.0951. The number of hydrogen-bond donors (Lipinski definition) is 1. The third-order valence-corrected chi connectivity index (χ3v) is 6.25. The molecule has 0 atom stereocenters. The third-order valence-electron chi connectivity index (χ3n) is 5.38. The second-order valence-corrected chi connectivity index (χ2v) is 8.48. The van der Waals surface area contributed by atoms with Gasteiger partial charge in [0.05, 0.1) is 6.54 Å². The fourth-order valence-electron chi connectivity index (χ4n) is 3.64. The minimum Gasteiger partial charge on any atom is -0.347 e. The van der Waals surface area contributed by atoms with Gasteiger partial charge in [0.15, 0.2) is 0 Å². The highest BCUT2D eigenvalue weighted by molar-refractivity contribution is 7.09. The first-order valence-electron chi connectivity index (χ1n) is 10.1. The Balaban J connectivity index is 1.41. The quantitative estimate of drug-likeness (QED) is 0.623. The van der Waals surface area contributed by atoms with Crippen molar-refractivity contribution in [2.75, 3.05) is 18.0 Å². The molecule has 1 saturated heterocycles. The van der Waals surface area contributed by atoms with Gasteiger partial charge in [-0.25, -0.2) is 4.79 Å². The van der Waals surface area contributed by atoms with E-state index in [1.54, 1.807) is 28.4 Å². The Morgan fingerprint density at radius 3 is 2.57 bits per heavy atom. The fraction of sp³-hybridized carbons (Fsp3) is 0.250. The Hall–Kier alpha value is -3.12. The number of rotatable bonds is 6. The summed E-state index contributed by atoms with van der Waals surface area (Å²) in [7, 11) is 0. The van der Waals surface area contributed by atoms with E-state index in [2.05, 4.69) is 24.4 Å². The number of carbonyl (C=O) groups is 2. The van der Waals surface area contributed by atoms with Crippen molar-refractivity contribution in [2.24, 2.45) is 0 Å². The van der Waals surface area contributed by atoms with Crippen LogP contribution in [0.25, 0.3) is 0 Å². The van der Waals surface area contributed by atoms with E-state index >= 15 is 0 Å². The summed E-state index contributed by atoms with van der Waals surface area (Å²) in [5.74, 6) is -0.110. The first-order chi connectivity index (χ1) is 14.6. The van der Waals surface area contributed by atoms with Gasteiger partial charge in [0.2, 0.25) is 0 Å². The lowest BCUT2D eigenvalue weighted by Gasteiger charge is -2.36. The highest BCUT2D eigenvalue weighted by atomic mass is 32.1. The van der Waals surface area contributed by atoms with Crippen LogP contribution in [-0.2, 0) is 13.1 Å². The number of hydrogen-bond acceptors (Lipinski definition) is 3. The van der Waals surface area contributed by atoms with Crippen LogP contribution in [0.1, 0.15) is 32.8 Å². The van der Waals surface area contributed by atoms with E-state index in [4.69, 9.17) is 0 Å². The van der Waals surface area contributed by atoms with E-state index in [9.17, 15) is 9.59 Å². The number of nitrogens with zero attached hydrogens (tertiary/aromatic N) is 2. The summed E-state index contributed by atoms with van der Waals surface area (Å²) in [6, 6.07) is 19.4. The highest BCUT2D eigenvalue weighted by Gasteiger charge is 2.27. The maximum Gasteiger partial charge on any atom is 0.324 e. The first kappa shape index (κ1) is 20.2. The number of urea groups is 1. The zero-order chi connectivity index (χ0) is 20.9. The maximum absolute atomic E-state index is 13.1. The van der Waals surface area contributed by atoms with Crippen molar-refractivity contribution in [3.05, 3.63) is 87.6 Å². The van der Waals surface area contributed by atoms with E-state index in [-0.39, 0.29) is 11.9 Å². The Morgan fingerprint density at radius 2 is 1.83 bits per heavy atom. The van der Waals surface area contributed by atoms with Crippen LogP contribution in [0.2, 0.25) is 0 Å². The highest BCUT2D eigenvalue weighted by Crippen LogP contribution is 2.23. The Bertz CT molecular complexity index is 1020. The number of benzene rings is 2. The van der Waals surface area contributed by atoms with Crippen molar-refractivity contribution in [3.63, 3.8) is 0 Å². The largest absolute Gasteiger partial charge is 0.347 e. The molecule has 3 amide bonds. The van der Waals surface area contributed by atoms with Crippen molar-refractivity contribution in [2.45, 2.75) is 26.4 Å². The number of anilines is 1. The van der Waals surface area contributed by atoms with Crippen LogP contribution in [0, 0.1) is 6.92 Å². The van der Waals surface area contributed by atoms with Crippen LogP contribution in [-0.4, -0.2) is 29.9 Å². The van der Waals surface area contributed by atoms with Gasteiger partial charge < -0.3 is 10.2 Å². The van der Waals surface area contributed by atoms with E-state index in [0.29, 0.717) is 25.2 Å². The molecule has 2 aromatic carbocycles. The first-order valence-corrected chi connectivity index (χ1v) is 11.0. The number of nitrogens with one attached hydrogen (secondary N) is 1. The Morgan fingerprint density at radius 1 is 1.03 bits per heavy atom. The fourth-order valence-corrected chi connectivity index (χ4v) is 4.28. The molecule has 1 aliphatic heterocycles. The summed E-state index contributed by atoms with van der Waals surface area (Å²) >= 11 is 1.62. The molecule has 0 bridgehead atoms. The molecule has 1 fully saturated rings. The lowest BCUT2D eigenvalue weighted by atomic mass is 10.1. The molecule has 0 saturated carbocycles. The van der Waals surface area contributed by atoms with Gasteiger partial charge in [-0.1, -0.05) is 30.3 Å². The zero-order valence-electron chi connectivity index (χ0n) is 17.0. The van der Waals surface area contributed by atoms with Crippen LogP contribution in [0.4, 0.5) is 10.5 Å². The summed E-state index contributed by atoms with van der Waals surface area (Å²) in [5.41, 5.74) is 3.78. The molecule has 0 spiro atoms. The summed E-state index contributed by atoms with van der Waals surface area (Å²) in [4.78, 5) is 30.3. The molecule has 6 heteroatoms. The van der Waals surface area contributed by atoms with Crippen LogP contribution in [0.5, 0.6) is 0 Å². The topological polar surface area (TPSA) is 52.6 Å². The number of thiophene rings is 1. The van der Waals surface area contributed by atoms with Gasteiger partial charge in [-0.05, 0) is 60.2 Å². The van der Waals surface area contributed by atoms with Crippen LogP contribution >= 0.6 is 11.3 Å². The van der Waals surface area contributed by atoms with Crippen molar-refractivity contribution in [3.8, 4) is 0 Å².